The van der Waals surface area contributed by atoms with Crippen molar-refractivity contribution in [1.82, 2.24) is 20.3 Å². The first-order chi connectivity index (χ1) is 30.2. The molecule has 9 nitrogen and oxygen atoms in total. The molecule has 5 heterocycles. The van der Waals surface area contributed by atoms with E-state index < -0.39 is 17.9 Å². The summed E-state index contributed by atoms with van der Waals surface area (Å²) in [4.78, 5) is 38.1. The summed E-state index contributed by atoms with van der Waals surface area (Å²) in [5.41, 5.74) is 11.1. The van der Waals surface area contributed by atoms with E-state index >= 15 is 0 Å². The van der Waals surface area contributed by atoms with Crippen molar-refractivity contribution in [3.05, 3.63) is 90.1 Å². The second-order valence-electron chi connectivity index (χ2n) is 19.3. The van der Waals surface area contributed by atoms with Gasteiger partial charge in [0.2, 0.25) is 0 Å². The van der Waals surface area contributed by atoms with Gasteiger partial charge < -0.3 is 34.8 Å². The van der Waals surface area contributed by atoms with Gasteiger partial charge in [0.1, 0.15) is 18.3 Å². The number of aromatic nitrogens is 3. The molecule has 0 saturated carbocycles. The van der Waals surface area contributed by atoms with E-state index in [0.29, 0.717) is 11.6 Å². The average molecular weight is 861 g/mol. The molecule has 342 valence electrons. The summed E-state index contributed by atoms with van der Waals surface area (Å²) in [5.74, 6) is -0.267. The molecule has 1 fully saturated rings. The highest BCUT2D eigenvalue weighted by atomic mass is 16.5. The normalized spacial score (nSPS) is 21.6. The zero-order valence-electron chi connectivity index (χ0n) is 40.0. The fraction of sp³-hybridized carbons (Fsp3) is 0.556. The van der Waals surface area contributed by atoms with Crippen molar-refractivity contribution in [2.24, 2.45) is 29.6 Å². The van der Waals surface area contributed by atoms with Crippen LogP contribution in [0.5, 0.6) is 0 Å². The van der Waals surface area contributed by atoms with Gasteiger partial charge in [-0.1, -0.05) is 104 Å². The first kappa shape index (κ1) is 47.6. The van der Waals surface area contributed by atoms with E-state index in [1.54, 1.807) is 0 Å². The molecular weight excluding hydrogens is 785 g/mol. The maximum atomic E-state index is 13.7. The predicted molar refractivity (Wildman–Crippen MR) is 258 cm³/mol. The van der Waals surface area contributed by atoms with Crippen LogP contribution in [0.4, 0.5) is 0 Å². The Morgan fingerprint density at radius 3 is 2.27 bits per heavy atom. The molecule has 8 bridgehead atoms. The number of aromatic amines is 3. The van der Waals surface area contributed by atoms with Crippen molar-refractivity contribution in [3.8, 4) is 0 Å². The molecule has 6 rings (SSSR count). The highest BCUT2D eigenvalue weighted by Crippen LogP contribution is 2.42. The van der Waals surface area contributed by atoms with Gasteiger partial charge in [-0.2, -0.15) is 0 Å². The van der Waals surface area contributed by atoms with Gasteiger partial charge in [0, 0.05) is 56.6 Å². The molecular formula is C54H76N4O5. The highest BCUT2D eigenvalue weighted by molar-refractivity contribution is 5.95. The largest absolute Gasteiger partial charge is 0.510 e. The molecule has 0 aromatic carbocycles. The lowest BCUT2D eigenvalue weighted by atomic mass is 9.80. The minimum absolute atomic E-state index is 0.0148. The number of H-pyrrole nitrogens is 3. The van der Waals surface area contributed by atoms with Crippen LogP contribution in [-0.4, -0.2) is 51.8 Å². The molecule has 3 aromatic rings. The molecule has 5 N–H and O–H groups in total. The predicted octanol–water partition coefficient (Wildman–Crippen LogP) is 9.12. The summed E-state index contributed by atoms with van der Waals surface area (Å²) in [6.07, 6.45) is 24.7. The molecule has 5 atom stereocenters. The quantitative estimate of drug-likeness (QED) is 0.0438. The number of carbonyl (C=O) groups is 2. The van der Waals surface area contributed by atoms with Crippen molar-refractivity contribution >= 4 is 47.6 Å². The number of methoxy groups -OCH3 is 1. The number of unbranched alkanes of at least 4 members (excludes halogenated alkanes) is 4. The van der Waals surface area contributed by atoms with Crippen molar-refractivity contribution in [1.29, 1.82) is 0 Å². The molecule has 0 amide bonds. The van der Waals surface area contributed by atoms with Gasteiger partial charge in [-0.3, -0.25) is 9.59 Å². The molecule has 1 aliphatic carbocycles. The van der Waals surface area contributed by atoms with Crippen LogP contribution in [-0.2, 0) is 25.5 Å². The Bertz CT molecular complexity index is 2470. The lowest BCUT2D eigenvalue weighted by molar-refractivity contribution is -0.143. The third-order valence-corrected chi connectivity index (χ3v) is 14.4. The number of allylic oxidation sites excluding steroid dienone is 2. The Labute approximate surface area is 376 Å². The third-order valence-electron chi connectivity index (χ3n) is 14.4. The first-order valence-corrected chi connectivity index (χ1v) is 24.0. The van der Waals surface area contributed by atoms with Gasteiger partial charge in [-0.25, -0.2) is 0 Å². The SMILES string of the molecule is C=Cc1c2[nH]c(c1C)/C=C1\NC(C3=c4[nH]c(c(C)c4=C(O)[C@@H]3C(=O)OC)/C=c3\[nH]/c(c(C)c3CC)=C\2)[C@@H](CCC(=O)OC/C=C(\C)CCCCCCC[C@H](C)CCCC(C)C)[C@@H]1C. The molecule has 63 heavy (non-hydrogen) atoms. The summed E-state index contributed by atoms with van der Waals surface area (Å²) in [6.45, 7) is 24.2. The number of rotatable bonds is 20. The number of fused-ring (bicyclic) bond motifs is 8. The second kappa shape index (κ2) is 21.2. The number of aliphatic hydroxyl groups is 1. The Morgan fingerprint density at radius 2 is 1.56 bits per heavy atom. The minimum atomic E-state index is -0.992. The molecule has 3 aromatic heterocycles. The second-order valence-corrected chi connectivity index (χ2v) is 19.3. The van der Waals surface area contributed by atoms with Crippen LogP contribution in [0.2, 0.25) is 0 Å². The van der Waals surface area contributed by atoms with Gasteiger partial charge in [-0.15, -0.1) is 0 Å². The maximum absolute atomic E-state index is 13.7. The van der Waals surface area contributed by atoms with E-state index in [-0.39, 0.29) is 36.6 Å². The minimum Gasteiger partial charge on any atom is -0.510 e. The monoisotopic (exact) mass is 861 g/mol. The van der Waals surface area contributed by atoms with E-state index in [4.69, 9.17) is 9.47 Å². The van der Waals surface area contributed by atoms with Crippen LogP contribution < -0.4 is 26.6 Å². The smallest absolute Gasteiger partial charge is 0.320 e. The number of aliphatic hydroxyl groups excluding tert-OH is 1. The van der Waals surface area contributed by atoms with Crippen LogP contribution in [0.25, 0.3) is 35.6 Å². The van der Waals surface area contributed by atoms with Gasteiger partial charge >= 0.3 is 11.9 Å². The summed E-state index contributed by atoms with van der Waals surface area (Å²) in [7, 11) is 1.36. The Hall–Kier alpha value is -4.92. The van der Waals surface area contributed by atoms with Crippen molar-refractivity contribution in [3.63, 3.8) is 0 Å². The number of nitrogens with one attached hydrogen (secondary N) is 4. The Balaban J connectivity index is 1.21. The lowest BCUT2D eigenvalue weighted by Gasteiger charge is -2.26. The van der Waals surface area contributed by atoms with Gasteiger partial charge in [0.05, 0.1) is 18.5 Å². The fourth-order valence-corrected chi connectivity index (χ4v) is 10.5. The number of hydrogen-bond acceptors (Lipinski definition) is 6. The molecule has 0 spiro atoms. The summed E-state index contributed by atoms with van der Waals surface area (Å²) in [6, 6.07) is -0.392. The zero-order chi connectivity index (χ0) is 45.5. The zero-order valence-corrected chi connectivity index (χ0v) is 40.0. The molecule has 1 saturated heterocycles. The van der Waals surface area contributed by atoms with E-state index in [1.807, 2.05) is 13.0 Å². The number of hydrogen-bond donors (Lipinski definition) is 5. The summed E-state index contributed by atoms with van der Waals surface area (Å²) >= 11 is 0. The van der Waals surface area contributed by atoms with E-state index in [0.717, 1.165) is 92.2 Å². The summed E-state index contributed by atoms with van der Waals surface area (Å²) < 4.78 is 11.2. The van der Waals surface area contributed by atoms with Crippen molar-refractivity contribution in [2.75, 3.05) is 13.7 Å². The molecule has 3 aliphatic rings. The topological polar surface area (TPSA) is 132 Å². The maximum Gasteiger partial charge on any atom is 0.320 e. The van der Waals surface area contributed by atoms with E-state index in [1.165, 1.54) is 75.2 Å². The van der Waals surface area contributed by atoms with Gasteiger partial charge in [-0.05, 0) is 123 Å². The van der Waals surface area contributed by atoms with E-state index in [9.17, 15) is 14.7 Å². The Kier molecular flexibility index (Phi) is 16.0. The van der Waals surface area contributed by atoms with E-state index in [2.05, 4.69) is 107 Å². The number of esters is 2. The Morgan fingerprint density at radius 1 is 0.857 bits per heavy atom. The fourth-order valence-electron chi connectivity index (χ4n) is 10.5. The molecule has 9 heteroatoms. The van der Waals surface area contributed by atoms with Crippen molar-refractivity contribution in [2.45, 2.75) is 152 Å². The van der Waals surface area contributed by atoms with Crippen LogP contribution >= 0.6 is 0 Å². The number of ether oxygens (including phenoxy) is 2. The third kappa shape index (κ3) is 10.6. The summed E-state index contributed by atoms with van der Waals surface area (Å²) in [5, 5.41) is 19.1. The van der Waals surface area contributed by atoms with Crippen LogP contribution in [0.15, 0.2) is 23.9 Å². The first-order valence-electron chi connectivity index (χ1n) is 24.0. The highest BCUT2D eigenvalue weighted by Gasteiger charge is 2.47. The van der Waals surface area contributed by atoms with Crippen molar-refractivity contribution < 1.29 is 24.2 Å². The average Bonchev–Trinajstić information content (AvgIpc) is 3.99. The van der Waals surface area contributed by atoms with Gasteiger partial charge in [0.15, 0.2) is 0 Å². The molecule has 1 unspecified atom stereocenters. The molecule has 2 aliphatic heterocycles. The molecule has 0 radical (unpaired) electrons. The van der Waals surface area contributed by atoms with Gasteiger partial charge in [0.25, 0.3) is 0 Å². The lowest BCUT2D eigenvalue weighted by Crippen LogP contribution is -2.38. The van der Waals surface area contributed by atoms with Crippen LogP contribution in [0, 0.1) is 50.4 Å². The standard InChI is InChI=1S/C54H76N4O5/c1-12-38-34(7)41-28-43-36(9)40(24-25-47(59)63-27-26-33(6)22-18-16-14-15-17-21-32(5)23-19-20-31(3)4)51(57-43)49-50(54(61)62-11)53(60)48-37(10)44(58-52(48)49)30-46-39(13-2)35(8)42(56-46)29-45(38)55-41/h12,26,28-32,36,40,50-51,55-58,60H,1,13-25,27H2,2-11H3/b33-26+,42-29-,43-28-,46-30-/t32-,36-,40-,50+,51?/m0/s1. The number of carbonyl (C=O) groups excluding carboxylic acids is 2. The van der Waals surface area contributed by atoms with Crippen LogP contribution in [0.1, 0.15) is 163 Å². The van der Waals surface area contributed by atoms with Crippen LogP contribution in [0.3, 0.4) is 0 Å².